The lowest BCUT2D eigenvalue weighted by molar-refractivity contribution is 0.868. The minimum atomic E-state index is -0.0591. The van der Waals surface area contributed by atoms with E-state index in [0.717, 1.165) is 44.6 Å². The molecule has 3 aromatic carbocycles. The fourth-order valence-electron chi connectivity index (χ4n) is 3.79. The van der Waals surface area contributed by atoms with Crippen LogP contribution in [-0.2, 0) is 6.54 Å². The van der Waals surface area contributed by atoms with E-state index < -0.39 is 0 Å². The van der Waals surface area contributed by atoms with E-state index in [2.05, 4.69) is 46.2 Å². The van der Waals surface area contributed by atoms with Crippen molar-refractivity contribution in [2.24, 2.45) is 0 Å². The molecule has 31 heavy (non-hydrogen) atoms. The van der Waals surface area contributed by atoms with Crippen molar-refractivity contribution >= 4 is 27.6 Å². The lowest BCUT2D eigenvalue weighted by Gasteiger charge is -2.10. The molecule has 5 nitrogen and oxygen atoms in total. The summed E-state index contributed by atoms with van der Waals surface area (Å²) in [6.07, 6.45) is 0. The summed E-state index contributed by atoms with van der Waals surface area (Å²) in [5.41, 5.74) is 6.74. The Balaban J connectivity index is 1.35. The van der Waals surface area contributed by atoms with Crippen molar-refractivity contribution in [3.05, 3.63) is 94.3 Å². The highest BCUT2D eigenvalue weighted by atomic mass is 16.1. The van der Waals surface area contributed by atoms with Crippen LogP contribution in [0.5, 0.6) is 0 Å². The van der Waals surface area contributed by atoms with Crippen LogP contribution in [0.2, 0.25) is 0 Å². The second kappa shape index (κ2) is 7.76. The molecular weight excluding hydrogens is 384 g/mol. The maximum absolute atomic E-state index is 12.5. The summed E-state index contributed by atoms with van der Waals surface area (Å²) in [4.78, 5) is 23.5. The fraction of sp³-hybridized carbons (Fsp3) is 0.154. The van der Waals surface area contributed by atoms with Gasteiger partial charge in [-0.15, -0.1) is 0 Å². The number of nitrogens with zero attached hydrogens (tertiary/aromatic N) is 1. The third-order valence-electron chi connectivity index (χ3n) is 5.64. The van der Waals surface area contributed by atoms with E-state index >= 15 is 0 Å². The molecule has 0 amide bonds. The van der Waals surface area contributed by atoms with Crippen LogP contribution in [0.3, 0.4) is 0 Å². The Hall–Kier alpha value is -3.86. The zero-order valence-electron chi connectivity index (χ0n) is 17.6. The number of hydrogen-bond donors (Lipinski definition) is 3. The van der Waals surface area contributed by atoms with Crippen LogP contribution in [0, 0.1) is 0 Å². The van der Waals surface area contributed by atoms with E-state index in [0.29, 0.717) is 12.5 Å². The Kier molecular flexibility index (Phi) is 4.79. The maximum atomic E-state index is 12.5. The third kappa shape index (κ3) is 3.82. The van der Waals surface area contributed by atoms with E-state index in [1.165, 1.54) is 5.56 Å². The van der Waals surface area contributed by atoms with E-state index in [1.807, 2.05) is 60.7 Å². The molecule has 2 heterocycles. The highest BCUT2D eigenvalue weighted by molar-refractivity contribution is 5.80. The van der Waals surface area contributed by atoms with Gasteiger partial charge in [-0.25, -0.2) is 4.98 Å². The molecule has 0 aliphatic rings. The molecule has 5 heteroatoms. The number of para-hydroxylation sites is 2. The van der Waals surface area contributed by atoms with Gasteiger partial charge in [0.25, 0.3) is 5.56 Å². The highest BCUT2D eigenvalue weighted by Crippen LogP contribution is 2.23. The largest absolute Gasteiger partial charge is 0.381 e. The highest BCUT2D eigenvalue weighted by Gasteiger charge is 2.07. The molecular formula is C26H24N4O. The van der Waals surface area contributed by atoms with Gasteiger partial charge in [-0.2, -0.15) is 0 Å². The van der Waals surface area contributed by atoms with Gasteiger partial charge >= 0.3 is 0 Å². The monoisotopic (exact) mass is 408 g/mol. The molecule has 0 fully saturated rings. The zero-order chi connectivity index (χ0) is 21.4. The van der Waals surface area contributed by atoms with Crippen LogP contribution in [0.25, 0.3) is 33.3 Å². The first-order chi connectivity index (χ1) is 15.1. The van der Waals surface area contributed by atoms with Crippen LogP contribution in [0.4, 0.5) is 5.69 Å². The molecule has 3 N–H and O–H groups in total. The number of fused-ring (bicyclic) bond motifs is 2. The first-order valence-electron chi connectivity index (χ1n) is 10.5. The van der Waals surface area contributed by atoms with Crippen molar-refractivity contribution in [1.82, 2.24) is 15.0 Å². The molecule has 5 aromatic rings. The van der Waals surface area contributed by atoms with Gasteiger partial charge in [0.2, 0.25) is 0 Å². The Bertz CT molecular complexity index is 1390. The molecule has 154 valence electrons. The van der Waals surface area contributed by atoms with Crippen LogP contribution in [0.15, 0.2) is 77.6 Å². The summed E-state index contributed by atoms with van der Waals surface area (Å²) in [5.74, 6) is 1.29. The molecule has 0 radical (unpaired) electrons. The second-order valence-electron chi connectivity index (χ2n) is 8.16. The lowest BCUT2D eigenvalue weighted by Crippen LogP contribution is -2.15. The van der Waals surface area contributed by atoms with E-state index in [4.69, 9.17) is 0 Å². The average Bonchev–Trinajstić information content (AvgIpc) is 3.22. The van der Waals surface area contributed by atoms with Gasteiger partial charge in [-0.1, -0.05) is 32.0 Å². The summed E-state index contributed by atoms with van der Waals surface area (Å²) >= 11 is 0. The number of nitrogens with one attached hydrogen (secondary N) is 3. The number of benzene rings is 3. The van der Waals surface area contributed by atoms with Crippen molar-refractivity contribution in [3.63, 3.8) is 0 Å². The normalized spacial score (nSPS) is 11.5. The zero-order valence-corrected chi connectivity index (χ0v) is 17.6. The fourth-order valence-corrected chi connectivity index (χ4v) is 3.79. The number of aromatic amines is 2. The smallest absolute Gasteiger partial charge is 0.253 e. The molecule has 0 spiro atoms. The van der Waals surface area contributed by atoms with Gasteiger partial charge in [-0.05, 0) is 71.5 Å². The summed E-state index contributed by atoms with van der Waals surface area (Å²) in [5, 5.41) is 4.42. The Morgan fingerprint density at radius 2 is 1.71 bits per heavy atom. The number of anilines is 1. The number of H-pyrrole nitrogens is 2. The standard InChI is InChI=1S/C26H24N4O/c1-16(2)18-9-12-22-19(13-18)14-20(26(31)30-22)15-27-21-10-7-17(8-11-21)25-28-23-5-3-4-6-24(23)29-25/h3-14,16,27H,15H2,1-2H3,(H,28,29)(H,30,31). The summed E-state index contributed by atoms with van der Waals surface area (Å²) in [6, 6.07) is 24.3. The van der Waals surface area contributed by atoms with Crippen LogP contribution >= 0.6 is 0 Å². The summed E-state index contributed by atoms with van der Waals surface area (Å²) < 4.78 is 0. The Labute approximate surface area is 180 Å². The lowest BCUT2D eigenvalue weighted by atomic mass is 10.0. The average molecular weight is 409 g/mol. The predicted octanol–water partition coefficient (Wildman–Crippen LogP) is 5.81. The Morgan fingerprint density at radius 3 is 2.48 bits per heavy atom. The van der Waals surface area contributed by atoms with E-state index in [9.17, 15) is 4.79 Å². The van der Waals surface area contributed by atoms with Crippen molar-refractivity contribution in [2.45, 2.75) is 26.3 Å². The molecule has 2 aromatic heterocycles. The molecule has 0 aliphatic carbocycles. The molecule has 0 aliphatic heterocycles. The number of rotatable bonds is 5. The maximum Gasteiger partial charge on any atom is 0.253 e. The van der Waals surface area contributed by atoms with Crippen molar-refractivity contribution in [2.75, 3.05) is 5.32 Å². The summed E-state index contributed by atoms with van der Waals surface area (Å²) in [7, 11) is 0. The summed E-state index contributed by atoms with van der Waals surface area (Å²) in [6.45, 7) is 4.80. The van der Waals surface area contributed by atoms with Gasteiger partial charge in [-0.3, -0.25) is 4.79 Å². The number of aromatic nitrogens is 3. The minimum Gasteiger partial charge on any atom is -0.381 e. The quantitative estimate of drug-likeness (QED) is 0.344. The van der Waals surface area contributed by atoms with Crippen molar-refractivity contribution in [3.8, 4) is 11.4 Å². The molecule has 0 saturated carbocycles. The van der Waals surface area contributed by atoms with Gasteiger partial charge in [0.05, 0.1) is 11.0 Å². The van der Waals surface area contributed by atoms with Crippen molar-refractivity contribution in [1.29, 1.82) is 0 Å². The van der Waals surface area contributed by atoms with Crippen LogP contribution in [-0.4, -0.2) is 15.0 Å². The van der Waals surface area contributed by atoms with Gasteiger partial charge in [0.1, 0.15) is 5.82 Å². The second-order valence-corrected chi connectivity index (χ2v) is 8.16. The Morgan fingerprint density at radius 1 is 0.903 bits per heavy atom. The molecule has 5 rings (SSSR count). The van der Waals surface area contributed by atoms with E-state index in [1.54, 1.807) is 0 Å². The topological polar surface area (TPSA) is 73.6 Å². The number of hydrogen-bond acceptors (Lipinski definition) is 3. The van der Waals surface area contributed by atoms with Gasteiger partial charge in [0.15, 0.2) is 0 Å². The van der Waals surface area contributed by atoms with Crippen LogP contribution in [0.1, 0.15) is 30.9 Å². The molecule has 0 unspecified atom stereocenters. The molecule has 0 saturated heterocycles. The minimum absolute atomic E-state index is 0.0591. The van der Waals surface area contributed by atoms with Crippen molar-refractivity contribution < 1.29 is 0 Å². The first-order valence-corrected chi connectivity index (χ1v) is 10.5. The predicted molar refractivity (Wildman–Crippen MR) is 128 cm³/mol. The van der Waals surface area contributed by atoms with Crippen LogP contribution < -0.4 is 10.9 Å². The van der Waals surface area contributed by atoms with Gasteiger partial charge < -0.3 is 15.3 Å². The SMILES string of the molecule is CC(C)c1ccc2[nH]c(=O)c(CNc3ccc(-c4nc5ccccc5[nH]4)cc3)cc2c1. The first kappa shape index (κ1) is 19.1. The molecule has 0 atom stereocenters. The third-order valence-corrected chi connectivity index (χ3v) is 5.64. The van der Waals surface area contributed by atoms with Gasteiger partial charge in [0, 0.05) is 28.9 Å². The number of pyridine rings is 1. The molecule has 0 bridgehead atoms. The number of imidazole rings is 1. The van der Waals surface area contributed by atoms with E-state index in [-0.39, 0.29) is 5.56 Å².